The minimum Gasteiger partial charge on any atom is -0.354 e. The predicted octanol–water partition coefficient (Wildman–Crippen LogP) is 1.77. The van der Waals surface area contributed by atoms with Gasteiger partial charge in [-0.15, -0.1) is 0 Å². The summed E-state index contributed by atoms with van der Waals surface area (Å²) in [6.45, 7) is 1.08. The highest BCUT2D eigenvalue weighted by Crippen LogP contribution is 2.29. The molecule has 0 heterocycles. The summed E-state index contributed by atoms with van der Waals surface area (Å²) < 4.78 is 63.9. The highest BCUT2D eigenvalue weighted by atomic mass is 32.2. The smallest absolute Gasteiger partial charge is 0.354 e. The normalized spacial score (nSPS) is 11.7. The van der Waals surface area contributed by atoms with Crippen molar-refractivity contribution in [2.45, 2.75) is 24.4 Å². The van der Waals surface area contributed by atoms with Crippen molar-refractivity contribution in [1.82, 2.24) is 15.4 Å². The molecule has 0 aliphatic rings. The van der Waals surface area contributed by atoms with Crippen LogP contribution in [0.25, 0.3) is 0 Å². The molecule has 0 spiro atoms. The number of aryl methyl sites for hydroxylation is 1. The van der Waals surface area contributed by atoms with Crippen LogP contribution in [0, 0.1) is 6.92 Å². The van der Waals surface area contributed by atoms with Crippen molar-refractivity contribution >= 4 is 21.8 Å². The van der Waals surface area contributed by atoms with E-state index in [1.54, 1.807) is 12.1 Å². The molecule has 0 radical (unpaired) electrons. The summed E-state index contributed by atoms with van der Waals surface area (Å²) in [7, 11) is -3.85. The summed E-state index contributed by atoms with van der Waals surface area (Å²) in [5.41, 5.74) is 0.755. The number of hydrogen-bond acceptors (Lipinski definition) is 4. The SMILES string of the molecule is Cc1ccc(S(=O)(=O)NCC(=O)NCC(=O)NCCc2ccc(C(F)(F)F)cc2)cc1. The van der Waals surface area contributed by atoms with Gasteiger partial charge in [-0.05, 0) is 43.2 Å². The van der Waals surface area contributed by atoms with Gasteiger partial charge in [0.1, 0.15) is 0 Å². The predicted molar refractivity (Wildman–Crippen MR) is 108 cm³/mol. The quantitative estimate of drug-likeness (QED) is 0.534. The van der Waals surface area contributed by atoms with Gasteiger partial charge < -0.3 is 10.6 Å². The molecule has 2 aromatic carbocycles. The summed E-state index contributed by atoms with van der Waals surface area (Å²) in [4.78, 5) is 23.6. The van der Waals surface area contributed by atoms with Gasteiger partial charge in [0, 0.05) is 6.54 Å². The third-order valence-corrected chi connectivity index (χ3v) is 5.63. The van der Waals surface area contributed by atoms with Crippen LogP contribution in [-0.2, 0) is 32.2 Å². The molecule has 0 saturated carbocycles. The molecule has 0 aliphatic heterocycles. The number of halogens is 3. The Morgan fingerprint density at radius 3 is 2.03 bits per heavy atom. The van der Waals surface area contributed by atoms with E-state index < -0.39 is 40.1 Å². The van der Waals surface area contributed by atoms with Crippen LogP contribution in [0.3, 0.4) is 0 Å². The summed E-state index contributed by atoms with van der Waals surface area (Å²) >= 11 is 0. The zero-order chi connectivity index (χ0) is 23.1. The standard InChI is InChI=1S/C20H22F3N3O4S/c1-14-2-8-17(9-3-14)31(29,30)26-13-19(28)25-12-18(27)24-11-10-15-4-6-16(7-5-15)20(21,22)23/h2-9,26H,10-13H2,1H3,(H,24,27)(H,25,28). The van der Waals surface area contributed by atoms with Crippen LogP contribution in [0.2, 0.25) is 0 Å². The number of rotatable bonds is 9. The Morgan fingerprint density at radius 2 is 1.45 bits per heavy atom. The van der Waals surface area contributed by atoms with Crippen molar-refractivity contribution in [3.05, 3.63) is 65.2 Å². The second-order valence-electron chi connectivity index (χ2n) is 6.71. The minimum absolute atomic E-state index is 0.0203. The molecule has 168 valence electrons. The lowest BCUT2D eigenvalue weighted by molar-refractivity contribution is -0.137. The maximum absolute atomic E-state index is 12.5. The monoisotopic (exact) mass is 457 g/mol. The number of amides is 2. The molecule has 0 saturated heterocycles. The van der Waals surface area contributed by atoms with Crippen molar-refractivity contribution in [3.63, 3.8) is 0 Å². The van der Waals surface area contributed by atoms with Gasteiger partial charge in [0.05, 0.1) is 23.5 Å². The molecule has 2 rings (SSSR count). The van der Waals surface area contributed by atoms with Gasteiger partial charge in [0.15, 0.2) is 0 Å². The second-order valence-corrected chi connectivity index (χ2v) is 8.48. The molecule has 0 atom stereocenters. The van der Waals surface area contributed by atoms with Crippen LogP contribution in [0.4, 0.5) is 13.2 Å². The maximum Gasteiger partial charge on any atom is 0.416 e. The number of carbonyl (C=O) groups is 2. The maximum atomic E-state index is 12.5. The van der Waals surface area contributed by atoms with Crippen LogP contribution in [0.5, 0.6) is 0 Å². The second kappa shape index (κ2) is 10.4. The highest BCUT2D eigenvalue weighted by Gasteiger charge is 2.29. The Kier molecular flexibility index (Phi) is 8.17. The van der Waals surface area contributed by atoms with Gasteiger partial charge in [-0.2, -0.15) is 13.2 Å². The van der Waals surface area contributed by atoms with Gasteiger partial charge >= 0.3 is 6.18 Å². The van der Waals surface area contributed by atoms with Crippen molar-refractivity contribution in [2.24, 2.45) is 0 Å². The molecule has 7 nitrogen and oxygen atoms in total. The fourth-order valence-electron chi connectivity index (χ4n) is 2.47. The Bertz CT molecular complexity index is 1010. The van der Waals surface area contributed by atoms with Crippen LogP contribution in [0.15, 0.2) is 53.4 Å². The molecule has 0 fully saturated rings. The fraction of sp³-hybridized carbons (Fsp3) is 0.300. The van der Waals surface area contributed by atoms with E-state index in [1.165, 1.54) is 24.3 Å². The minimum atomic E-state index is -4.40. The Labute approximate surface area is 178 Å². The van der Waals surface area contributed by atoms with Crippen LogP contribution >= 0.6 is 0 Å². The third-order valence-electron chi connectivity index (χ3n) is 4.22. The number of carbonyl (C=O) groups excluding carboxylic acids is 2. The molecule has 0 aliphatic carbocycles. The molecule has 3 N–H and O–H groups in total. The zero-order valence-electron chi connectivity index (χ0n) is 16.6. The summed E-state index contributed by atoms with van der Waals surface area (Å²) in [5, 5.41) is 4.81. The Hall–Kier alpha value is -2.92. The van der Waals surface area contributed by atoms with Crippen molar-refractivity contribution in [1.29, 1.82) is 0 Å². The van der Waals surface area contributed by atoms with Gasteiger partial charge in [0.25, 0.3) is 0 Å². The molecule has 0 bridgehead atoms. The number of hydrogen-bond donors (Lipinski definition) is 3. The number of alkyl halides is 3. The largest absolute Gasteiger partial charge is 0.416 e. The van der Waals surface area contributed by atoms with E-state index in [-0.39, 0.29) is 18.0 Å². The first-order valence-electron chi connectivity index (χ1n) is 9.23. The average Bonchev–Trinajstić information content (AvgIpc) is 2.71. The fourth-order valence-corrected chi connectivity index (χ4v) is 3.45. The van der Waals surface area contributed by atoms with Gasteiger partial charge in [0.2, 0.25) is 21.8 Å². The van der Waals surface area contributed by atoms with E-state index in [0.717, 1.165) is 17.7 Å². The molecule has 31 heavy (non-hydrogen) atoms. The molecular formula is C20H22F3N3O4S. The summed E-state index contributed by atoms with van der Waals surface area (Å²) in [5.74, 6) is -1.20. The summed E-state index contributed by atoms with van der Waals surface area (Å²) in [6.07, 6.45) is -4.09. The van der Waals surface area contributed by atoms with Crippen LogP contribution < -0.4 is 15.4 Å². The van der Waals surface area contributed by atoms with Crippen molar-refractivity contribution in [2.75, 3.05) is 19.6 Å². The van der Waals surface area contributed by atoms with E-state index in [1.807, 2.05) is 6.92 Å². The number of nitrogens with one attached hydrogen (secondary N) is 3. The molecule has 2 amide bonds. The molecule has 11 heteroatoms. The van der Waals surface area contributed by atoms with Gasteiger partial charge in [-0.25, -0.2) is 13.1 Å². The van der Waals surface area contributed by atoms with E-state index >= 15 is 0 Å². The number of sulfonamides is 1. The summed E-state index contributed by atoms with van der Waals surface area (Å²) in [6, 6.07) is 10.7. The van der Waals surface area contributed by atoms with E-state index in [0.29, 0.717) is 12.0 Å². The molecule has 0 aromatic heterocycles. The van der Waals surface area contributed by atoms with E-state index in [2.05, 4.69) is 15.4 Å². The first-order chi connectivity index (χ1) is 14.5. The topological polar surface area (TPSA) is 104 Å². The van der Waals surface area contributed by atoms with Crippen molar-refractivity contribution < 1.29 is 31.2 Å². The van der Waals surface area contributed by atoms with E-state index in [4.69, 9.17) is 0 Å². The Morgan fingerprint density at radius 1 is 0.871 bits per heavy atom. The van der Waals surface area contributed by atoms with Crippen LogP contribution in [-0.4, -0.2) is 39.9 Å². The van der Waals surface area contributed by atoms with Gasteiger partial charge in [-0.1, -0.05) is 29.8 Å². The van der Waals surface area contributed by atoms with Gasteiger partial charge in [-0.3, -0.25) is 9.59 Å². The lowest BCUT2D eigenvalue weighted by Gasteiger charge is -2.10. The van der Waals surface area contributed by atoms with Crippen molar-refractivity contribution in [3.8, 4) is 0 Å². The first kappa shape index (κ1) is 24.4. The highest BCUT2D eigenvalue weighted by molar-refractivity contribution is 7.89. The average molecular weight is 457 g/mol. The first-order valence-corrected chi connectivity index (χ1v) is 10.7. The molecule has 2 aromatic rings. The Balaban J connectivity index is 1.68. The molecular weight excluding hydrogens is 435 g/mol. The third kappa shape index (κ3) is 8.02. The lowest BCUT2D eigenvalue weighted by Crippen LogP contribution is -2.42. The lowest BCUT2D eigenvalue weighted by atomic mass is 10.1. The van der Waals surface area contributed by atoms with Crippen LogP contribution in [0.1, 0.15) is 16.7 Å². The zero-order valence-corrected chi connectivity index (χ0v) is 17.4. The van der Waals surface area contributed by atoms with E-state index in [9.17, 15) is 31.2 Å². The number of benzene rings is 2. The molecule has 0 unspecified atom stereocenters.